The average Bonchev–Trinajstić information content (AvgIpc) is 3.44. The lowest BCUT2D eigenvalue weighted by molar-refractivity contribution is -0.143. The number of para-hydroxylation sites is 1. The summed E-state index contributed by atoms with van der Waals surface area (Å²) < 4.78 is 42.8. The van der Waals surface area contributed by atoms with Gasteiger partial charge in [-0.05, 0) is 76.3 Å². The Morgan fingerprint density at radius 1 is 0.915 bits per heavy atom. The van der Waals surface area contributed by atoms with Crippen molar-refractivity contribution >= 4 is 39.1 Å². The molecule has 0 radical (unpaired) electrons. The molecule has 1 atom stereocenters. The SMILES string of the molecule is CN(C)CCCN1C(=O)C(=O)/C(=C(/O)c2ccc(S(=O)(=O)N3CCCCC3)cc2)C12C(=O)N(Cc1ccccc1F)c1ccccc12. The molecule has 0 aromatic heterocycles. The van der Waals surface area contributed by atoms with Gasteiger partial charge in [-0.1, -0.05) is 42.8 Å². The number of amides is 2. The second-order valence-corrected chi connectivity index (χ2v) is 14.3. The molecule has 0 bridgehead atoms. The molecular weight excluding hydrogens is 623 g/mol. The van der Waals surface area contributed by atoms with Crippen molar-refractivity contribution < 1.29 is 32.3 Å². The fourth-order valence-corrected chi connectivity index (χ4v) is 8.37. The van der Waals surface area contributed by atoms with E-state index in [9.17, 15) is 32.3 Å². The van der Waals surface area contributed by atoms with Gasteiger partial charge < -0.3 is 19.8 Å². The zero-order valence-electron chi connectivity index (χ0n) is 26.4. The van der Waals surface area contributed by atoms with Crippen molar-refractivity contribution in [2.45, 2.75) is 42.7 Å². The third-order valence-electron chi connectivity index (χ3n) is 9.16. The lowest BCUT2D eigenvalue weighted by Gasteiger charge is -2.35. The van der Waals surface area contributed by atoms with Gasteiger partial charge in [0.15, 0.2) is 5.54 Å². The first-order chi connectivity index (χ1) is 22.5. The zero-order chi connectivity index (χ0) is 33.5. The highest BCUT2D eigenvalue weighted by atomic mass is 32.2. The number of hydrogen-bond donors (Lipinski definition) is 1. The fraction of sp³-hybridized carbons (Fsp3) is 0.343. The van der Waals surface area contributed by atoms with Gasteiger partial charge in [-0.25, -0.2) is 12.8 Å². The number of ketones is 1. The van der Waals surface area contributed by atoms with Crippen LogP contribution in [-0.2, 0) is 36.5 Å². The summed E-state index contributed by atoms with van der Waals surface area (Å²) in [7, 11) is -0.0372. The topological polar surface area (TPSA) is 119 Å². The highest BCUT2D eigenvalue weighted by molar-refractivity contribution is 7.89. The molecule has 3 aromatic rings. The van der Waals surface area contributed by atoms with Gasteiger partial charge in [0.25, 0.3) is 17.6 Å². The Balaban J connectivity index is 1.49. The molecule has 1 spiro atoms. The maximum atomic E-state index is 14.9. The number of carbonyl (C=O) groups is 3. The molecule has 10 nitrogen and oxygen atoms in total. The molecule has 3 aliphatic heterocycles. The van der Waals surface area contributed by atoms with Crippen molar-refractivity contribution in [2.24, 2.45) is 0 Å². The highest BCUT2D eigenvalue weighted by Gasteiger charge is 2.67. The lowest BCUT2D eigenvalue weighted by atomic mass is 9.82. The first-order valence-corrected chi connectivity index (χ1v) is 17.1. The molecule has 6 rings (SSSR count). The number of aliphatic hydroxyl groups is 1. The van der Waals surface area contributed by atoms with Crippen LogP contribution in [0.25, 0.3) is 5.76 Å². The van der Waals surface area contributed by atoms with Crippen LogP contribution in [0, 0.1) is 5.82 Å². The minimum atomic E-state index is -3.77. The zero-order valence-corrected chi connectivity index (χ0v) is 27.2. The molecule has 1 unspecified atom stereocenters. The quantitative estimate of drug-likeness (QED) is 0.209. The number of rotatable bonds is 9. The summed E-state index contributed by atoms with van der Waals surface area (Å²) in [4.78, 5) is 47.1. The highest BCUT2D eigenvalue weighted by Crippen LogP contribution is 2.54. The predicted molar refractivity (Wildman–Crippen MR) is 174 cm³/mol. The molecule has 47 heavy (non-hydrogen) atoms. The van der Waals surface area contributed by atoms with E-state index in [0.717, 1.165) is 19.3 Å². The maximum absolute atomic E-state index is 14.9. The normalized spacial score (nSPS) is 21.3. The van der Waals surface area contributed by atoms with Crippen molar-refractivity contribution in [1.29, 1.82) is 0 Å². The van der Waals surface area contributed by atoms with Crippen LogP contribution in [0.15, 0.2) is 83.3 Å². The molecule has 2 fully saturated rings. The van der Waals surface area contributed by atoms with Crippen LogP contribution >= 0.6 is 0 Å². The first-order valence-electron chi connectivity index (χ1n) is 15.7. The number of sulfonamides is 1. The number of hydrogen-bond acceptors (Lipinski definition) is 7. The average molecular weight is 661 g/mol. The van der Waals surface area contributed by atoms with Crippen molar-refractivity contribution in [3.63, 3.8) is 0 Å². The summed E-state index contributed by atoms with van der Waals surface area (Å²) >= 11 is 0. The van der Waals surface area contributed by atoms with E-state index in [4.69, 9.17) is 0 Å². The van der Waals surface area contributed by atoms with Gasteiger partial charge in [-0.15, -0.1) is 0 Å². The molecule has 12 heteroatoms. The number of piperidine rings is 1. The third kappa shape index (κ3) is 5.43. The molecule has 1 N–H and O–H groups in total. The summed E-state index contributed by atoms with van der Waals surface area (Å²) in [5.74, 6) is -3.76. The Bertz CT molecular complexity index is 1870. The Morgan fingerprint density at radius 3 is 2.26 bits per heavy atom. The number of halogens is 1. The van der Waals surface area contributed by atoms with Crippen molar-refractivity contribution in [3.05, 3.63) is 101 Å². The van der Waals surface area contributed by atoms with Crippen LogP contribution in [0.2, 0.25) is 0 Å². The van der Waals surface area contributed by atoms with Gasteiger partial charge in [-0.2, -0.15) is 4.31 Å². The van der Waals surface area contributed by atoms with Crippen LogP contribution in [0.1, 0.15) is 42.4 Å². The van der Waals surface area contributed by atoms with Crippen LogP contribution in [0.3, 0.4) is 0 Å². The molecule has 3 heterocycles. The Hall–Kier alpha value is -4.39. The maximum Gasteiger partial charge on any atom is 0.296 e. The minimum absolute atomic E-state index is 0.0279. The second kappa shape index (κ2) is 12.7. The van der Waals surface area contributed by atoms with Crippen LogP contribution in [-0.4, -0.2) is 85.5 Å². The largest absolute Gasteiger partial charge is 0.507 e. The molecule has 2 saturated heterocycles. The number of benzene rings is 3. The van der Waals surface area contributed by atoms with Gasteiger partial charge in [-0.3, -0.25) is 14.4 Å². The summed E-state index contributed by atoms with van der Waals surface area (Å²) in [5, 5.41) is 11.9. The number of aliphatic hydroxyl groups excluding tert-OH is 1. The molecule has 3 aromatic carbocycles. The Labute approximate surface area is 273 Å². The Kier molecular flexibility index (Phi) is 8.77. The minimum Gasteiger partial charge on any atom is -0.507 e. The fourth-order valence-electron chi connectivity index (χ4n) is 6.85. The summed E-state index contributed by atoms with van der Waals surface area (Å²) in [6.45, 7) is 1.26. The van der Waals surface area contributed by atoms with E-state index in [1.54, 1.807) is 42.5 Å². The van der Waals surface area contributed by atoms with Gasteiger partial charge in [0.1, 0.15) is 11.6 Å². The standard InChI is InChI=1S/C35H37FN4O6S/c1-37(2)19-10-22-40-33(43)32(42)30(31(41)24-15-17-26(18-16-24)47(45,46)38-20-8-3-9-21-38)35(40)27-12-5-7-14-29(27)39(34(35)44)23-25-11-4-6-13-28(25)36/h4-7,11-18,41H,3,8-10,19-23H2,1-2H3/b31-30-. The predicted octanol–water partition coefficient (Wildman–Crippen LogP) is 4.07. The number of fused-ring (bicyclic) bond motifs is 2. The number of likely N-dealkylation sites (tertiary alicyclic amines) is 1. The van der Waals surface area contributed by atoms with Crippen molar-refractivity contribution in [3.8, 4) is 0 Å². The van der Waals surface area contributed by atoms with E-state index in [0.29, 0.717) is 37.3 Å². The third-order valence-corrected chi connectivity index (χ3v) is 11.1. The van der Waals surface area contributed by atoms with Crippen molar-refractivity contribution in [2.75, 3.05) is 45.2 Å². The molecule has 0 aliphatic carbocycles. The molecule has 0 saturated carbocycles. The monoisotopic (exact) mass is 660 g/mol. The van der Waals surface area contributed by atoms with Gasteiger partial charge >= 0.3 is 0 Å². The van der Waals surface area contributed by atoms with Crippen LogP contribution in [0.5, 0.6) is 0 Å². The number of anilines is 1. The smallest absolute Gasteiger partial charge is 0.296 e. The first kappa shape index (κ1) is 32.5. The molecular formula is C35H37FN4O6S. The number of carbonyl (C=O) groups excluding carboxylic acids is 3. The van der Waals surface area contributed by atoms with E-state index < -0.39 is 50.3 Å². The molecule has 2 amide bonds. The van der Waals surface area contributed by atoms with Gasteiger partial charge in [0, 0.05) is 36.3 Å². The van der Waals surface area contributed by atoms with Crippen molar-refractivity contribution in [1.82, 2.24) is 14.1 Å². The number of Topliss-reactive ketones (excluding diaryl/α,β-unsaturated/α-hetero) is 1. The van der Waals surface area contributed by atoms with Crippen LogP contribution < -0.4 is 4.90 Å². The van der Waals surface area contributed by atoms with E-state index in [2.05, 4.69) is 0 Å². The van der Waals surface area contributed by atoms with E-state index in [1.165, 1.54) is 44.4 Å². The van der Waals surface area contributed by atoms with Gasteiger partial charge in [0.2, 0.25) is 10.0 Å². The Morgan fingerprint density at radius 2 is 1.57 bits per heavy atom. The summed E-state index contributed by atoms with van der Waals surface area (Å²) in [5.41, 5.74) is -1.42. The lowest BCUT2D eigenvalue weighted by Crippen LogP contribution is -2.52. The van der Waals surface area contributed by atoms with E-state index in [1.807, 2.05) is 19.0 Å². The number of nitrogens with zero attached hydrogens (tertiary/aromatic N) is 4. The van der Waals surface area contributed by atoms with Crippen LogP contribution in [0.4, 0.5) is 10.1 Å². The molecule has 246 valence electrons. The van der Waals surface area contributed by atoms with E-state index in [-0.39, 0.29) is 29.1 Å². The summed E-state index contributed by atoms with van der Waals surface area (Å²) in [6.07, 6.45) is 2.94. The van der Waals surface area contributed by atoms with E-state index >= 15 is 0 Å². The second-order valence-electron chi connectivity index (χ2n) is 12.4. The van der Waals surface area contributed by atoms with Gasteiger partial charge in [0.05, 0.1) is 22.7 Å². The molecule has 3 aliphatic rings. The summed E-state index contributed by atoms with van der Waals surface area (Å²) in [6, 6.07) is 18.2.